The van der Waals surface area contributed by atoms with E-state index in [0.717, 1.165) is 13.0 Å². The van der Waals surface area contributed by atoms with Crippen LogP contribution in [0.3, 0.4) is 0 Å². The number of fused-ring (bicyclic) bond motifs is 1. The Hall–Kier alpha value is -0.380. The molecule has 0 aromatic rings. The molecule has 0 amide bonds. The minimum atomic E-state index is -0.433. The largest absolute Gasteiger partial charge is 0.372 e. The molecule has 0 spiro atoms. The maximum Gasteiger partial charge on any atom is 0.164 e. The van der Waals surface area contributed by atoms with Gasteiger partial charge in [0.2, 0.25) is 0 Å². The standard InChI is InChI=1S/C12H18O3/c1-4-7-5-8(9-6-13-9)11-10(7)14-12(2,3)15-11/h5,8-11H,4,6H2,1-3H3/t8-,9?,10+,11-/m0/s1. The second-order valence-electron chi connectivity index (χ2n) is 5.07. The second kappa shape index (κ2) is 3.06. The first-order valence-electron chi connectivity index (χ1n) is 5.78. The summed E-state index contributed by atoms with van der Waals surface area (Å²) < 4.78 is 17.3. The van der Waals surface area contributed by atoms with Crippen LogP contribution < -0.4 is 0 Å². The highest BCUT2D eigenvalue weighted by atomic mass is 16.8. The molecule has 15 heavy (non-hydrogen) atoms. The van der Waals surface area contributed by atoms with Gasteiger partial charge in [0.15, 0.2) is 5.79 Å². The van der Waals surface area contributed by atoms with Gasteiger partial charge in [0.05, 0.1) is 18.8 Å². The van der Waals surface area contributed by atoms with Crippen molar-refractivity contribution in [1.82, 2.24) is 0 Å². The van der Waals surface area contributed by atoms with Gasteiger partial charge < -0.3 is 14.2 Å². The Labute approximate surface area is 90.4 Å². The molecule has 4 atom stereocenters. The predicted octanol–water partition coefficient (Wildman–Crippen LogP) is 1.87. The van der Waals surface area contributed by atoms with Gasteiger partial charge in [-0.2, -0.15) is 0 Å². The Morgan fingerprint density at radius 1 is 1.40 bits per heavy atom. The molecule has 3 heteroatoms. The highest BCUT2D eigenvalue weighted by Gasteiger charge is 2.53. The van der Waals surface area contributed by atoms with Gasteiger partial charge in [-0.3, -0.25) is 0 Å². The highest BCUT2D eigenvalue weighted by molar-refractivity contribution is 5.25. The van der Waals surface area contributed by atoms with Crippen LogP contribution in [0, 0.1) is 5.92 Å². The van der Waals surface area contributed by atoms with Gasteiger partial charge in [0.25, 0.3) is 0 Å². The van der Waals surface area contributed by atoms with E-state index < -0.39 is 5.79 Å². The van der Waals surface area contributed by atoms with Crippen LogP contribution in [0.5, 0.6) is 0 Å². The summed E-state index contributed by atoms with van der Waals surface area (Å²) in [5, 5.41) is 0. The number of ether oxygens (including phenoxy) is 3. The van der Waals surface area contributed by atoms with Gasteiger partial charge >= 0.3 is 0 Å². The van der Waals surface area contributed by atoms with Gasteiger partial charge in [0.1, 0.15) is 6.10 Å². The smallest absolute Gasteiger partial charge is 0.164 e. The molecule has 3 rings (SSSR count). The van der Waals surface area contributed by atoms with Crippen LogP contribution in [0.25, 0.3) is 0 Å². The van der Waals surface area contributed by atoms with Crippen LogP contribution in [0.15, 0.2) is 11.6 Å². The van der Waals surface area contributed by atoms with Crippen LogP contribution in [0.1, 0.15) is 27.2 Å². The molecular formula is C12H18O3. The third kappa shape index (κ3) is 1.53. The van der Waals surface area contributed by atoms with Gasteiger partial charge in [-0.05, 0) is 25.8 Å². The molecule has 2 heterocycles. The highest BCUT2D eigenvalue weighted by Crippen LogP contribution is 2.45. The molecule has 1 unspecified atom stereocenters. The Morgan fingerprint density at radius 3 is 2.73 bits per heavy atom. The van der Waals surface area contributed by atoms with Crippen LogP contribution in [0.4, 0.5) is 0 Å². The van der Waals surface area contributed by atoms with Crippen LogP contribution in [0.2, 0.25) is 0 Å². The lowest BCUT2D eigenvalue weighted by Gasteiger charge is -2.19. The summed E-state index contributed by atoms with van der Waals surface area (Å²) in [4.78, 5) is 0. The van der Waals surface area contributed by atoms with Crippen molar-refractivity contribution in [1.29, 1.82) is 0 Å². The number of epoxide rings is 1. The van der Waals surface area contributed by atoms with Crippen LogP contribution in [-0.4, -0.2) is 30.7 Å². The first kappa shape index (κ1) is 9.82. The van der Waals surface area contributed by atoms with E-state index in [1.165, 1.54) is 5.57 Å². The Kier molecular flexibility index (Phi) is 2.00. The van der Waals surface area contributed by atoms with Crippen molar-refractivity contribution in [3.63, 3.8) is 0 Å². The summed E-state index contributed by atoms with van der Waals surface area (Å²) in [5.74, 6) is -0.0244. The van der Waals surface area contributed by atoms with Gasteiger partial charge in [0, 0.05) is 5.92 Å². The SMILES string of the molecule is CCC1=C[C@@H](C2CO2)[C@@H]2OC(C)(C)O[C@H]12. The lowest BCUT2D eigenvalue weighted by Crippen LogP contribution is -2.28. The first-order valence-corrected chi connectivity index (χ1v) is 5.78. The average Bonchev–Trinajstić information content (AvgIpc) is 2.87. The predicted molar refractivity (Wildman–Crippen MR) is 55.4 cm³/mol. The zero-order chi connectivity index (χ0) is 10.6. The summed E-state index contributed by atoms with van der Waals surface area (Å²) in [5.41, 5.74) is 1.38. The Bertz CT molecular complexity index is 304. The fourth-order valence-corrected chi connectivity index (χ4v) is 2.71. The Morgan fingerprint density at radius 2 is 2.13 bits per heavy atom. The molecule has 0 N–H and O–H groups in total. The number of hydrogen-bond donors (Lipinski definition) is 0. The Balaban J connectivity index is 1.85. The molecule has 3 nitrogen and oxygen atoms in total. The monoisotopic (exact) mass is 210 g/mol. The summed E-state index contributed by atoms with van der Waals surface area (Å²) >= 11 is 0. The van der Waals surface area contributed by atoms with Gasteiger partial charge in [-0.15, -0.1) is 0 Å². The summed E-state index contributed by atoms with van der Waals surface area (Å²) in [6.07, 6.45) is 4.08. The van der Waals surface area contributed by atoms with Crippen molar-refractivity contribution in [2.75, 3.05) is 6.61 Å². The first-order chi connectivity index (χ1) is 7.11. The van der Waals surface area contributed by atoms with Gasteiger partial charge in [-0.1, -0.05) is 13.0 Å². The third-order valence-electron chi connectivity index (χ3n) is 3.48. The molecule has 0 aromatic heterocycles. The van der Waals surface area contributed by atoms with Gasteiger partial charge in [-0.25, -0.2) is 0 Å². The van der Waals surface area contributed by atoms with E-state index in [1.54, 1.807) is 0 Å². The molecule has 0 bridgehead atoms. The van der Waals surface area contributed by atoms with Crippen molar-refractivity contribution in [3.05, 3.63) is 11.6 Å². The molecule has 84 valence electrons. The van der Waals surface area contributed by atoms with E-state index in [4.69, 9.17) is 14.2 Å². The molecule has 2 saturated heterocycles. The summed E-state index contributed by atoms with van der Waals surface area (Å²) in [6.45, 7) is 7.03. The van der Waals surface area contributed by atoms with E-state index in [9.17, 15) is 0 Å². The second-order valence-corrected chi connectivity index (χ2v) is 5.07. The lowest BCUT2D eigenvalue weighted by molar-refractivity contribution is -0.149. The zero-order valence-corrected chi connectivity index (χ0v) is 9.53. The van der Waals surface area contributed by atoms with Crippen molar-refractivity contribution in [2.24, 2.45) is 5.92 Å². The molecule has 0 aromatic carbocycles. The van der Waals surface area contributed by atoms with Crippen molar-refractivity contribution in [3.8, 4) is 0 Å². The average molecular weight is 210 g/mol. The third-order valence-corrected chi connectivity index (χ3v) is 3.48. The van der Waals surface area contributed by atoms with Crippen molar-refractivity contribution < 1.29 is 14.2 Å². The topological polar surface area (TPSA) is 31.0 Å². The molecule has 0 radical (unpaired) electrons. The number of hydrogen-bond acceptors (Lipinski definition) is 3. The van der Waals surface area contributed by atoms with Crippen molar-refractivity contribution in [2.45, 2.75) is 51.3 Å². The van der Waals surface area contributed by atoms with E-state index in [2.05, 4.69) is 13.0 Å². The molecule has 0 saturated carbocycles. The lowest BCUT2D eigenvalue weighted by atomic mass is 10.0. The van der Waals surface area contributed by atoms with E-state index in [1.807, 2.05) is 13.8 Å². The maximum absolute atomic E-state index is 5.96. The normalized spacial score (nSPS) is 46.5. The fourth-order valence-electron chi connectivity index (χ4n) is 2.71. The summed E-state index contributed by atoms with van der Waals surface area (Å²) in [6, 6.07) is 0. The van der Waals surface area contributed by atoms with E-state index in [0.29, 0.717) is 12.0 Å². The molecule has 2 aliphatic heterocycles. The minimum Gasteiger partial charge on any atom is -0.372 e. The van der Waals surface area contributed by atoms with E-state index in [-0.39, 0.29) is 12.2 Å². The van der Waals surface area contributed by atoms with E-state index >= 15 is 0 Å². The molecular weight excluding hydrogens is 192 g/mol. The minimum absolute atomic E-state index is 0.166. The summed E-state index contributed by atoms with van der Waals surface area (Å²) in [7, 11) is 0. The zero-order valence-electron chi connectivity index (χ0n) is 9.53. The van der Waals surface area contributed by atoms with Crippen LogP contribution >= 0.6 is 0 Å². The fraction of sp³-hybridized carbons (Fsp3) is 0.833. The molecule has 3 aliphatic rings. The van der Waals surface area contributed by atoms with Crippen molar-refractivity contribution >= 4 is 0 Å². The maximum atomic E-state index is 5.96. The number of rotatable bonds is 2. The quantitative estimate of drug-likeness (QED) is 0.515. The molecule has 1 aliphatic carbocycles. The van der Waals surface area contributed by atoms with Crippen LogP contribution in [-0.2, 0) is 14.2 Å². The molecule has 2 fully saturated rings.